The second-order valence-electron chi connectivity index (χ2n) is 5.18. The number of benzene rings is 1. The summed E-state index contributed by atoms with van der Waals surface area (Å²) in [6.45, 7) is 2.03. The first-order valence-corrected chi connectivity index (χ1v) is 7.98. The van der Waals surface area contributed by atoms with Gasteiger partial charge in [-0.05, 0) is 37.5 Å². The van der Waals surface area contributed by atoms with E-state index in [4.69, 9.17) is 11.6 Å². The number of hydrogen-bond acceptors (Lipinski definition) is 4. The molecule has 0 saturated carbocycles. The van der Waals surface area contributed by atoms with E-state index >= 15 is 0 Å². The molecule has 1 aromatic heterocycles. The lowest BCUT2D eigenvalue weighted by atomic mass is 10.1. The van der Waals surface area contributed by atoms with Crippen LogP contribution in [0.15, 0.2) is 24.3 Å². The summed E-state index contributed by atoms with van der Waals surface area (Å²) in [5.74, 6) is -1.23. The number of thiazole rings is 1. The smallest absolute Gasteiger partial charge is 0.312 e. The molecular formula is C15H15ClN2O2S. The summed E-state index contributed by atoms with van der Waals surface area (Å²) in [5.41, 5.74) is 1.81. The van der Waals surface area contributed by atoms with Crippen LogP contribution in [0.25, 0.3) is 0 Å². The molecule has 0 fully saturated rings. The molecule has 1 heterocycles. The van der Waals surface area contributed by atoms with Crippen molar-refractivity contribution in [2.75, 3.05) is 5.32 Å². The van der Waals surface area contributed by atoms with Gasteiger partial charge in [0.1, 0.15) is 5.92 Å². The SMILES string of the molecule is CC(Nc1nc2c(s1)CCC2C(=O)O)c1cccc(Cl)c1. The van der Waals surface area contributed by atoms with Crippen LogP contribution in [0.4, 0.5) is 5.13 Å². The lowest BCUT2D eigenvalue weighted by Gasteiger charge is -2.13. The Morgan fingerprint density at radius 3 is 3.10 bits per heavy atom. The summed E-state index contributed by atoms with van der Waals surface area (Å²) < 4.78 is 0. The number of anilines is 1. The van der Waals surface area contributed by atoms with Crippen molar-refractivity contribution in [3.05, 3.63) is 45.4 Å². The van der Waals surface area contributed by atoms with E-state index < -0.39 is 11.9 Å². The minimum Gasteiger partial charge on any atom is -0.481 e. The van der Waals surface area contributed by atoms with Gasteiger partial charge in [-0.25, -0.2) is 4.98 Å². The predicted molar refractivity (Wildman–Crippen MR) is 84.3 cm³/mol. The van der Waals surface area contributed by atoms with Crippen LogP contribution in [0.2, 0.25) is 5.02 Å². The highest BCUT2D eigenvalue weighted by molar-refractivity contribution is 7.15. The Kier molecular flexibility index (Phi) is 3.87. The Balaban J connectivity index is 1.77. The maximum Gasteiger partial charge on any atom is 0.312 e. The van der Waals surface area contributed by atoms with Crippen molar-refractivity contribution in [2.45, 2.75) is 31.7 Å². The molecule has 1 aromatic carbocycles. The predicted octanol–water partition coefficient (Wildman–Crippen LogP) is 4.08. The number of halogens is 1. The van der Waals surface area contributed by atoms with Gasteiger partial charge < -0.3 is 10.4 Å². The molecule has 110 valence electrons. The average Bonchev–Trinajstić information content (AvgIpc) is 2.97. The number of fused-ring (bicyclic) bond motifs is 1. The number of nitrogens with zero attached hydrogens (tertiary/aromatic N) is 1. The first-order valence-electron chi connectivity index (χ1n) is 6.79. The minimum atomic E-state index is -0.784. The zero-order chi connectivity index (χ0) is 15.0. The van der Waals surface area contributed by atoms with Gasteiger partial charge >= 0.3 is 5.97 Å². The van der Waals surface area contributed by atoms with Crippen LogP contribution in [0, 0.1) is 0 Å². The maximum absolute atomic E-state index is 11.2. The summed E-state index contributed by atoms with van der Waals surface area (Å²) in [7, 11) is 0. The number of carbonyl (C=O) groups is 1. The molecule has 0 spiro atoms. The molecule has 0 amide bonds. The number of aryl methyl sites for hydroxylation is 1. The van der Waals surface area contributed by atoms with Gasteiger partial charge in [-0.2, -0.15) is 0 Å². The van der Waals surface area contributed by atoms with Crippen molar-refractivity contribution >= 4 is 34.0 Å². The van der Waals surface area contributed by atoms with Crippen LogP contribution in [0.5, 0.6) is 0 Å². The van der Waals surface area contributed by atoms with Crippen molar-refractivity contribution < 1.29 is 9.90 Å². The third kappa shape index (κ3) is 2.89. The van der Waals surface area contributed by atoms with Crippen molar-refractivity contribution in [1.82, 2.24) is 4.98 Å². The summed E-state index contributed by atoms with van der Waals surface area (Å²) in [6.07, 6.45) is 1.46. The third-order valence-electron chi connectivity index (χ3n) is 3.70. The Bertz CT molecular complexity index is 686. The normalized spacial score (nSPS) is 18.3. The Morgan fingerprint density at radius 1 is 1.57 bits per heavy atom. The molecular weight excluding hydrogens is 308 g/mol. The topological polar surface area (TPSA) is 62.2 Å². The van der Waals surface area contributed by atoms with Gasteiger partial charge in [-0.15, -0.1) is 11.3 Å². The Hall–Kier alpha value is -1.59. The second-order valence-corrected chi connectivity index (χ2v) is 6.70. The van der Waals surface area contributed by atoms with Gasteiger partial charge in [0.25, 0.3) is 0 Å². The lowest BCUT2D eigenvalue weighted by molar-refractivity contribution is -0.138. The highest BCUT2D eigenvalue weighted by Crippen LogP contribution is 2.39. The lowest BCUT2D eigenvalue weighted by Crippen LogP contribution is -2.10. The molecule has 1 aliphatic rings. The average molecular weight is 323 g/mol. The molecule has 4 nitrogen and oxygen atoms in total. The van der Waals surface area contributed by atoms with E-state index in [2.05, 4.69) is 10.3 Å². The number of aromatic nitrogens is 1. The Morgan fingerprint density at radius 2 is 2.38 bits per heavy atom. The molecule has 2 unspecified atom stereocenters. The molecule has 6 heteroatoms. The van der Waals surface area contributed by atoms with Crippen molar-refractivity contribution in [1.29, 1.82) is 0 Å². The van der Waals surface area contributed by atoms with Gasteiger partial charge in [0.2, 0.25) is 0 Å². The number of nitrogens with one attached hydrogen (secondary N) is 1. The quantitative estimate of drug-likeness (QED) is 0.890. The van der Waals surface area contributed by atoms with E-state index in [9.17, 15) is 9.90 Å². The molecule has 3 rings (SSSR count). The van der Waals surface area contributed by atoms with E-state index in [1.54, 1.807) is 11.3 Å². The molecule has 2 atom stereocenters. The van der Waals surface area contributed by atoms with Crippen LogP contribution in [0.3, 0.4) is 0 Å². The minimum absolute atomic E-state index is 0.0678. The number of carboxylic acids is 1. The number of rotatable bonds is 4. The van der Waals surface area contributed by atoms with Gasteiger partial charge in [0, 0.05) is 9.90 Å². The third-order valence-corrected chi connectivity index (χ3v) is 5.00. The van der Waals surface area contributed by atoms with Gasteiger partial charge in [-0.3, -0.25) is 4.79 Å². The fraction of sp³-hybridized carbons (Fsp3) is 0.333. The van der Waals surface area contributed by atoms with Crippen LogP contribution in [0.1, 0.15) is 41.4 Å². The molecule has 2 aromatic rings. The zero-order valence-corrected chi connectivity index (χ0v) is 13.0. The van der Waals surface area contributed by atoms with E-state index in [0.717, 1.165) is 27.7 Å². The first-order chi connectivity index (χ1) is 10.0. The molecule has 0 radical (unpaired) electrons. The molecule has 0 bridgehead atoms. The summed E-state index contributed by atoms with van der Waals surface area (Å²) in [5, 5.41) is 14.0. The van der Waals surface area contributed by atoms with E-state index in [1.165, 1.54) is 0 Å². The summed E-state index contributed by atoms with van der Waals surface area (Å²) in [6, 6.07) is 7.75. The van der Waals surface area contributed by atoms with Crippen LogP contribution in [-0.2, 0) is 11.2 Å². The number of carboxylic acid groups (broad SMARTS) is 1. The molecule has 0 aliphatic heterocycles. The highest BCUT2D eigenvalue weighted by atomic mass is 35.5. The summed E-state index contributed by atoms with van der Waals surface area (Å²) in [4.78, 5) is 16.7. The van der Waals surface area contributed by atoms with Crippen LogP contribution in [-0.4, -0.2) is 16.1 Å². The maximum atomic E-state index is 11.2. The van der Waals surface area contributed by atoms with Crippen molar-refractivity contribution in [3.8, 4) is 0 Å². The van der Waals surface area contributed by atoms with E-state index in [1.807, 2.05) is 31.2 Å². The second kappa shape index (κ2) is 5.66. The van der Waals surface area contributed by atoms with E-state index in [0.29, 0.717) is 11.4 Å². The monoisotopic (exact) mass is 322 g/mol. The first kappa shape index (κ1) is 14.4. The van der Waals surface area contributed by atoms with Gasteiger partial charge in [-0.1, -0.05) is 23.7 Å². The largest absolute Gasteiger partial charge is 0.481 e. The molecule has 2 N–H and O–H groups in total. The van der Waals surface area contributed by atoms with Crippen LogP contribution >= 0.6 is 22.9 Å². The van der Waals surface area contributed by atoms with Gasteiger partial charge in [0.05, 0.1) is 11.7 Å². The Labute approximate surface area is 131 Å². The molecule has 0 saturated heterocycles. The number of aliphatic carboxylic acids is 1. The summed E-state index contributed by atoms with van der Waals surface area (Å²) >= 11 is 7.55. The molecule has 1 aliphatic carbocycles. The fourth-order valence-electron chi connectivity index (χ4n) is 2.57. The van der Waals surface area contributed by atoms with Crippen LogP contribution < -0.4 is 5.32 Å². The van der Waals surface area contributed by atoms with Crippen molar-refractivity contribution in [3.63, 3.8) is 0 Å². The number of hydrogen-bond donors (Lipinski definition) is 2. The zero-order valence-electron chi connectivity index (χ0n) is 11.5. The standard InChI is InChI=1S/C15H15ClN2O2S/c1-8(9-3-2-4-10(16)7-9)17-15-18-13-11(14(19)20)5-6-12(13)21-15/h2-4,7-8,11H,5-6H2,1H3,(H,17,18)(H,19,20). The van der Waals surface area contributed by atoms with Gasteiger partial charge in [0.15, 0.2) is 5.13 Å². The highest BCUT2D eigenvalue weighted by Gasteiger charge is 2.32. The van der Waals surface area contributed by atoms with Crippen molar-refractivity contribution in [2.24, 2.45) is 0 Å². The fourth-order valence-corrected chi connectivity index (χ4v) is 3.90. The molecule has 21 heavy (non-hydrogen) atoms. The van der Waals surface area contributed by atoms with E-state index in [-0.39, 0.29) is 6.04 Å².